The number of para-hydroxylation sites is 1. The number of hydrogen-bond donors (Lipinski definition) is 1. The second-order valence-corrected chi connectivity index (χ2v) is 6.56. The van der Waals surface area contributed by atoms with Gasteiger partial charge in [0, 0.05) is 24.4 Å². The average Bonchev–Trinajstić information content (AvgIpc) is 3.34. The van der Waals surface area contributed by atoms with E-state index in [4.69, 9.17) is 0 Å². The van der Waals surface area contributed by atoms with Crippen molar-refractivity contribution in [1.82, 2.24) is 15.1 Å². The highest BCUT2D eigenvalue weighted by molar-refractivity contribution is 5.91. The smallest absolute Gasteiger partial charge is 0.244 e. The van der Waals surface area contributed by atoms with Gasteiger partial charge in [-0.2, -0.15) is 5.10 Å². The Morgan fingerprint density at radius 2 is 1.96 bits per heavy atom. The first kappa shape index (κ1) is 16.3. The number of carbonyl (C=O) groups is 1. The molecule has 0 saturated heterocycles. The van der Waals surface area contributed by atoms with E-state index in [1.807, 2.05) is 36.5 Å². The van der Waals surface area contributed by atoms with E-state index in [1.165, 1.54) is 24.0 Å². The third-order valence-electron chi connectivity index (χ3n) is 4.68. The van der Waals surface area contributed by atoms with Gasteiger partial charge in [-0.15, -0.1) is 0 Å². The molecule has 0 bridgehead atoms. The predicted molar refractivity (Wildman–Crippen MR) is 103 cm³/mol. The number of fused-ring (bicyclic) bond motifs is 1. The van der Waals surface area contributed by atoms with Gasteiger partial charge < -0.3 is 5.32 Å². The second-order valence-electron chi connectivity index (χ2n) is 6.56. The minimum atomic E-state index is -0.0991. The zero-order valence-corrected chi connectivity index (χ0v) is 14.6. The van der Waals surface area contributed by atoms with E-state index in [-0.39, 0.29) is 5.91 Å². The van der Waals surface area contributed by atoms with Crippen LogP contribution >= 0.6 is 0 Å². The molecule has 0 radical (unpaired) electrons. The summed E-state index contributed by atoms with van der Waals surface area (Å²) in [6, 6.07) is 16.4. The van der Waals surface area contributed by atoms with Crippen LogP contribution in [-0.4, -0.2) is 15.7 Å². The number of benzene rings is 2. The Balaban J connectivity index is 1.34. The third kappa shape index (κ3) is 3.75. The standard InChI is InChI=1S/C22H21N3O/c26-22(23-14-17-9-11-19-5-4-6-20(19)13-17)12-10-18-15-24-25(16-18)21-7-2-1-3-8-21/h1-3,7-13,15-16H,4-6,14H2,(H,23,26). The molecule has 0 aliphatic heterocycles. The van der Waals surface area contributed by atoms with Crippen LogP contribution in [0.2, 0.25) is 0 Å². The molecule has 1 amide bonds. The summed E-state index contributed by atoms with van der Waals surface area (Å²) in [4.78, 5) is 12.1. The fraction of sp³-hybridized carbons (Fsp3) is 0.182. The van der Waals surface area contributed by atoms with Crippen LogP contribution in [0.15, 0.2) is 67.0 Å². The zero-order valence-electron chi connectivity index (χ0n) is 14.6. The summed E-state index contributed by atoms with van der Waals surface area (Å²) in [5.74, 6) is -0.0991. The van der Waals surface area contributed by atoms with Gasteiger partial charge in [-0.3, -0.25) is 4.79 Å². The molecular weight excluding hydrogens is 322 g/mol. The summed E-state index contributed by atoms with van der Waals surface area (Å²) in [6.07, 6.45) is 10.6. The molecule has 4 rings (SSSR count). The van der Waals surface area contributed by atoms with Crippen molar-refractivity contribution < 1.29 is 4.79 Å². The van der Waals surface area contributed by atoms with Crippen LogP contribution in [0, 0.1) is 0 Å². The number of aryl methyl sites for hydroxylation is 2. The van der Waals surface area contributed by atoms with Crippen LogP contribution in [0.5, 0.6) is 0 Å². The fourth-order valence-corrected chi connectivity index (χ4v) is 3.30. The fourth-order valence-electron chi connectivity index (χ4n) is 3.30. The number of nitrogens with zero attached hydrogens (tertiary/aromatic N) is 2. The first-order valence-corrected chi connectivity index (χ1v) is 8.95. The summed E-state index contributed by atoms with van der Waals surface area (Å²) < 4.78 is 1.79. The van der Waals surface area contributed by atoms with Crippen molar-refractivity contribution in [1.29, 1.82) is 0 Å². The molecule has 1 heterocycles. The highest BCUT2D eigenvalue weighted by atomic mass is 16.1. The monoisotopic (exact) mass is 343 g/mol. The molecule has 26 heavy (non-hydrogen) atoms. The van der Waals surface area contributed by atoms with Gasteiger partial charge >= 0.3 is 0 Å². The maximum Gasteiger partial charge on any atom is 0.244 e. The summed E-state index contributed by atoms with van der Waals surface area (Å²) in [7, 11) is 0. The molecule has 3 aromatic rings. The number of amides is 1. The van der Waals surface area contributed by atoms with Gasteiger partial charge in [0.2, 0.25) is 5.91 Å². The molecular formula is C22H21N3O. The molecule has 0 fully saturated rings. The number of aromatic nitrogens is 2. The first-order valence-electron chi connectivity index (χ1n) is 8.95. The van der Waals surface area contributed by atoms with Crippen LogP contribution < -0.4 is 5.32 Å². The zero-order chi connectivity index (χ0) is 17.8. The van der Waals surface area contributed by atoms with Gasteiger partial charge in [-0.05, 0) is 54.2 Å². The number of rotatable bonds is 5. The van der Waals surface area contributed by atoms with E-state index < -0.39 is 0 Å². The van der Waals surface area contributed by atoms with Crippen molar-refractivity contribution in [3.8, 4) is 5.69 Å². The molecule has 4 nitrogen and oxygen atoms in total. The van der Waals surface area contributed by atoms with Crippen molar-refractivity contribution >= 4 is 12.0 Å². The Morgan fingerprint density at radius 3 is 2.85 bits per heavy atom. The van der Waals surface area contributed by atoms with Crippen molar-refractivity contribution in [3.63, 3.8) is 0 Å². The molecule has 1 aliphatic carbocycles. The highest BCUT2D eigenvalue weighted by Crippen LogP contribution is 2.22. The third-order valence-corrected chi connectivity index (χ3v) is 4.68. The minimum absolute atomic E-state index is 0.0991. The lowest BCUT2D eigenvalue weighted by molar-refractivity contribution is -0.116. The molecule has 0 spiro atoms. The van der Waals surface area contributed by atoms with E-state index >= 15 is 0 Å². The van der Waals surface area contributed by atoms with Crippen molar-refractivity contribution in [2.45, 2.75) is 25.8 Å². The van der Waals surface area contributed by atoms with Gasteiger partial charge in [0.05, 0.1) is 11.9 Å². The van der Waals surface area contributed by atoms with E-state index in [1.54, 1.807) is 23.0 Å². The van der Waals surface area contributed by atoms with Gasteiger partial charge in [0.15, 0.2) is 0 Å². The number of hydrogen-bond acceptors (Lipinski definition) is 2. The topological polar surface area (TPSA) is 46.9 Å². The Bertz CT molecular complexity index is 941. The minimum Gasteiger partial charge on any atom is -0.348 e. The Labute approximate surface area is 153 Å². The molecule has 1 N–H and O–H groups in total. The quantitative estimate of drug-likeness (QED) is 0.718. The van der Waals surface area contributed by atoms with Gasteiger partial charge in [-0.1, -0.05) is 36.4 Å². The summed E-state index contributed by atoms with van der Waals surface area (Å²) in [6.45, 7) is 0.555. The van der Waals surface area contributed by atoms with E-state index in [0.29, 0.717) is 6.54 Å². The van der Waals surface area contributed by atoms with E-state index in [9.17, 15) is 4.79 Å². The molecule has 1 aromatic heterocycles. The lowest BCUT2D eigenvalue weighted by Gasteiger charge is -2.05. The average molecular weight is 343 g/mol. The first-order chi connectivity index (χ1) is 12.8. The molecule has 1 aliphatic rings. The molecule has 130 valence electrons. The summed E-state index contributed by atoms with van der Waals surface area (Å²) >= 11 is 0. The van der Waals surface area contributed by atoms with Crippen molar-refractivity contribution in [2.75, 3.05) is 0 Å². The molecule has 2 aromatic carbocycles. The number of nitrogens with one attached hydrogen (secondary N) is 1. The molecule has 0 unspecified atom stereocenters. The van der Waals surface area contributed by atoms with Crippen LogP contribution in [0.3, 0.4) is 0 Å². The van der Waals surface area contributed by atoms with E-state index in [2.05, 4.69) is 28.6 Å². The second kappa shape index (κ2) is 7.40. The maximum atomic E-state index is 12.1. The highest BCUT2D eigenvalue weighted by Gasteiger charge is 2.10. The van der Waals surface area contributed by atoms with Crippen molar-refractivity contribution in [2.24, 2.45) is 0 Å². The van der Waals surface area contributed by atoms with Gasteiger partial charge in [0.1, 0.15) is 0 Å². The summed E-state index contributed by atoms with van der Waals surface area (Å²) in [5, 5.41) is 7.27. The predicted octanol–water partition coefficient (Wildman–Crippen LogP) is 3.69. The van der Waals surface area contributed by atoms with E-state index in [0.717, 1.165) is 23.2 Å². The SMILES string of the molecule is O=C(C=Cc1cnn(-c2ccccc2)c1)NCc1ccc2c(c1)CCC2. The van der Waals surface area contributed by atoms with Gasteiger partial charge in [-0.25, -0.2) is 4.68 Å². The lowest BCUT2D eigenvalue weighted by atomic mass is 10.1. The summed E-state index contributed by atoms with van der Waals surface area (Å²) in [5.41, 5.74) is 5.93. The maximum absolute atomic E-state index is 12.1. The van der Waals surface area contributed by atoms with Gasteiger partial charge in [0.25, 0.3) is 0 Å². The largest absolute Gasteiger partial charge is 0.348 e. The van der Waals surface area contributed by atoms with Crippen LogP contribution in [0.1, 0.15) is 28.7 Å². The van der Waals surface area contributed by atoms with Crippen molar-refractivity contribution in [3.05, 3.63) is 89.3 Å². The normalized spacial score (nSPS) is 13.1. The Hall–Kier alpha value is -3.14. The Morgan fingerprint density at radius 1 is 1.12 bits per heavy atom. The van der Waals surface area contributed by atoms with Crippen LogP contribution in [-0.2, 0) is 24.2 Å². The number of carbonyl (C=O) groups excluding carboxylic acids is 1. The molecule has 0 atom stereocenters. The molecule has 4 heteroatoms. The van der Waals surface area contributed by atoms with Crippen LogP contribution in [0.25, 0.3) is 11.8 Å². The molecule has 0 saturated carbocycles. The Kier molecular flexibility index (Phi) is 4.65. The van der Waals surface area contributed by atoms with Crippen LogP contribution in [0.4, 0.5) is 0 Å². The lowest BCUT2D eigenvalue weighted by Crippen LogP contribution is -2.20.